The topological polar surface area (TPSA) is 66.8 Å². The van der Waals surface area contributed by atoms with Crippen LogP contribution in [0.4, 0.5) is 0 Å². The number of amides is 2. The van der Waals surface area contributed by atoms with Crippen LogP contribution in [0.2, 0.25) is 0 Å². The Morgan fingerprint density at radius 2 is 1.82 bits per heavy atom. The van der Waals surface area contributed by atoms with E-state index in [4.69, 9.17) is 4.74 Å². The Bertz CT molecular complexity index is 294. The van der Waals surface area contributed by atoms with Crippen LogP contribution in [0.5, 0.6) is 0 Å². The van der Waals surface area contributed by atoms with Gasteiger partial charge in [0.1, 0.15) is 0 Å². The monoisotopic (exact) mass is 241 g/mol. The fourth-order valence-corrected chi connectivity index (χ4v) is 2.87. The van der Waals surface area contributed by atoms with Crippen LogP contribution in [0.15, 0.2) is 0 Å². The van der Waals surface area contributed by atoms with E-state index in [9.17, 15) is 14.7 Å². The molecule has 0 aromatic rings. The van der Waals surface area contributed by atoms with Crippen LogP contribution in [0.25, 0.3) is 0 Å². The molecule has 5 heteroatoms. The number of aliphatic hydroxyl groups is 1. The zero-order valence-electron chi connectivity index (χ0n) is 10.1. The Kier molecular flexibility index (Phi) is 3.79. The number of imide groups is 1. The summed E-state index contributed by atoms with van der Waals surface area (Å²) in [6, 6.07) is 0. The lowest BCUT2D eigenvalue weighted by Crippen LogP contribution is -2.39. The van der Waals surface area contributed by atoms with E-state index in [1.54, 1.807) is 0 Å². The van der Waals surface area contributed by atoms with Gasteiger partial charge in [0.05, 0.1) is 31.1 Å². The Morgan fingerprint density at radius 3 is 2.29 bits per heavy atom. The molecule has 96 valence electrons. The standard InChI is InChI=1S/C12H19NO4/c1-17-7-8(14)6-13-11(15)9-4-2-3-5-10(9)12(13)16/h8-10,14H,2-7H2,1H3. The molecule has 0 aromatic heterocycles. The van der Waals surface area contributed by atoms with Crippen molar-refractivity contribution in [3.63, 3.8) is 0 Å². The van der Waals surface area contributed by atoms with Gasteiger partial charge in [-0.05, 0) is 12.8 Å². The minimum atomic E-state index is -0.784. The van der Waals surface area contributed by atoms with Crippen LogP contribution < -0.4 is 0 Å². The van der Waals surface area contributed by atoms with Gasteiger partial charge in [0.2, 0.25) is 11.8 Å². The highest BCUT2D eigenvalue weighted by Gasteiger charge is 2.48. The molecule has 2 aliphatic rings. The number of carbonyl (C=O) groups excluding carboxylic acids is 2. The number of methoxy groups -OCH3 is 1. The van der Waals surface area contributed by atoms with Crippen LogP contribution in [0.3, 0.4) is 0 Å². The van der Waals surface area contributed by atoms with Crippen molar-refractivity contribution in [2.45, 2.75) is 31.8 Å². The van der Waals surface area contributed by atoms with Crippen molar-refractivity contribution in [3.8, 4) is 0 Å². The zero-order valence-corrected chi connectivity index (χ0v) is 10.1. The molecule has 1 aliphatic carbocycles. The lowest BCUT2D eigenvalue weighted by molar-refractivity contribution is -0.142. The minimum Gasteiger partial charge on any atom is -0.389 e. The Labute approximate surface area is 101 Å². The quantitative estimate of drug-likeness (QED) is 0.712. The van der Waals surface area contributed by atoms with Crippen LogP contribution in [-0.4, -0.2) is 48.2 Å². The maximum absolute atomic E-state index is 12.0. The molecule has 0 bridgehead atoms. The second-order valence-electron chi connectivity index (χ2n) is 4.89. The molecule has 1 heterocycles. The van der Waals surface area contributed by atoms with Crippen LogP contribution in [0, 0.1) is 11.8 Å². The summed E-state index contributed by atoms with van der Waals surface area (Å²) in [6.45, 7) is 0.213. The molecule has 1 N–H and O–H groups in total. The van der Waals surface area contributed by atoms with E-state index in [-0.39, 0.29) is 36.8 Å². The third kappa shape index (κ3) is 2.35. The maximum Gasteiger partial charge on any atom is 0.233 e. The van der Waals surface area contributed by atoms with Crippen LogP contribution in [-0.2, 0) is 14.3 Å². The second kappa shape index (κ2) is 5.14. The molecular weight excluding hydrogens is 222 g/mol. The van der Waals surface area contributed by atoms with Gasteiger partial charge in [-0.15, -0.1) is 0 Å². The van der Waals surface area contributed by atoms with Crippen molar-refractivity contribution >= 4 is 11.8 Å². The molecular formula is C12H19NO4. The second-order valence-corrected chi connectivity index (χ2v) is 4.89. The van der Waals surface area contributed by atoms with E-state index in [1.165, 1.54) is 12.0 Å². The van der Waals surface area contributed by atoms with Gasteiger partial charge in [-0.1, -0.05) is 12.8 Å². The van der Waals surface area contributed by atoms with Crippen molar-refractivity contribution in [1.82, 2.24) is 4.90 Å². The smallest absolute Gasteiger partial charge is 0.233 e. The summed E-state index contributed by atoms with van der Waals surface area (Å²) in [5.41, 5.74) is 0. The molecule has 3 atom stereocenters. The van der Waals surface area contributed by atoms with Gasteiger partial charge in [0.15, 0.2) is 0 Å². The van der Waals surface area contributed by atoms with E-state index in [2.05, 4.69) is 0 Å². The Morgan fingerprint density at radius 1 is 1.29 bits per heavy atom. The fraction of sp³-hybridized carbons (Fsp3) is 0.833. The average molecular weight is 241 g/mol. The Balaban J connectivity index is 2.03. The summed E-state index contributed by atoms with van der Waals surface area (Å²) in [7, 11) is 1.48. The molecule has 1 saturated carbocycles. The van der Waals surface area contributed by atoms with Crippen LogP contribution >= 0.6 is 0 Å². The van der Waals surface area contributed by atoms with E-state index in [0.29, 0.717) is 0 Å². The molecule has 2 amide bonds. The first kappa shape index (κ1) is 12.5. The van der Waals surface area contributed by atoms with Gasteiger partial charge in [-0.3, -0.25) is 14.5 Å². The molecule has 0 radical (unpaired) electrons. The zero-order chi connectivity index (χ0) is 12.4. The number of ether oxygens (including phenoxy) is 1. The molecule has 1 aliphatic heterocycles. The molecule has 1 saturated heterocycles. The average Bonchev–Trinajstić information content (AvgIpc) is 2.56. The van der Waals surface area contributed by atoms with E-state index >= 15 is 0 Å². The summed E-state index contributed by atoms with van der Waals surface area (Å²) in [5, 5.41) is 9.61. The fourth-order valence-electron chi connectivity index (χ4n) is 2.87. The van der Waals surface area contributed by atoms with Crippen molar-refractivity contribution in [1.29, 1.82) is 0 Å². The van der Waals surface area contributed by atoms with E-state index in [1.807, 2.05) is 0 Å². The van der Waals surface area contributed by atoms with Gasteiger partial charge in [0.25, 0.3) is 0 Å². The molecule has 2 fully saturated rings. The SMILES string of the molecule is COCC(O)CN1C(=O)C2CCCCC2C1=O. The van der Waals surface area contributed by atoms with E-state index < -0.39 is 6.10 Å². The highest BCUT2D eigenvalue weighted by Crippen LogP contribution is 2.37. The van der Waals surface area contributed by atoms with Crippen molar-refractivity contribution < 1.29 is 19.4 Å². The third-order valence-electron chi connectivity index (χ3n) is 3.68. The van der Waals surface area contributed by atoms with Crippen LogP contribution in [0.1, 0.15) is 25.7 Å². The van der Waals surface area contributed by atoms with E-state index in [0.717, 1.165) is 25.7 Å². The summed E-state index contributed by atoms with van der Waals surface area (Å²) in [6.07, 6.45) is 2.88. The summed E-state index contributed by atoms with van der Waals surface area (Å²) < 4.78 is 4.80. The number of rotatable bonds is 4. The molecule has 5 nitrogen and oxygen atoms in total. The number of nitrogens with zero attached hydrogens (tertiary/aromatic N) is 1. The number of aliphatic hydroxyl groups excluding tert-OH is 1. The number of β-amino-alcohol motifs (C(OH)–C–C–N with tert-alkyl or cyclic N) is 1. The molecule has 0 aromatic carbocycles. The van der Waals surface area contributed by atoms with Gasteiger partial charge in [-0.25, -0.2) is 0 Å². The summed E-state index contributed by atoms with van der Waals surface area (Å²) >= 11 is 0. The Hall–Kier alpha value is -0.940. The van der Waals surface area contributed by atoms with Gasteiger partial charge in [0, 0.05) is 7.11 Å². The molecule has 17 heavy (non-hydrogen) atoms. The molecule has 3 unspecified atom stereocenters. The summed E-state index contributed by atoms with van der Waals surface area (Å²) in [5.74, 6) is -0.471. The number of likely N-dealkylation sites (tertiary alicyclic amines) is 1. The number of hydrogen-bond acceptors (Lipinski definition) is 4. The van der Waals surface area contributed by atoms with Crippen molar-refractivity contribution in [2.24, 2.45) is 11.8 Å². The van der Waals surface area contributed by atoms with Gasteiger partial charge in [-0.2, -0.15) is 0 Å². The third-order valence-corrected chi connectivity index (χ3v) is 3.68. The van der Waals surface area contributed by atoms with Gasteiger partial charge >= 0.3 is 0 Å². The lowest BCUT2D eigenvalue weighted by Gasteiger charge is -2.19. The predicted octanol–water partition coefficient (Wildman–Crippen LogP) is 0.169. The van der Waals surface area contributed by atoms with Crippen molar-refractivity contribution in [3.05, 3.63) is 0 Å². The first-order valence-electron chi connectivity index (χ1n) is 6.17. The van der Waals surface area contributed by atoms with Crippen molar-refractivity contribution in [2.75, 3.05) is 20.3 Å². The van der Waals surface area contributed by atoms with Gasteiger partial charge < -0.3 is 9.84 Å². The normalized spacial score (nSPS) is 30.6. The lowest BCUT2D eigenvalue weighted by atomic mass is 9.81. The number of fused-ring (bicyclic) bond motifs is 1. The summed E-state index contributed by atoms with van der Waals surface area (Å²) in [4.78, 5) is 25.3. The predicted molar refractivity (Wildman–Crippen MR) is 60.1 cm³/mol. The first-order chi connectivity index (χ1) is 8.15. The number of carbonyl (C=O) groups is 2. The first-order valence-corrected chi connectivity index (χ1v) is 6.17. The highest BCUT2D eigenvalue weighted by molar-refractivity contribution is 6.05. The largest absolute Gasteiger partial charge is 0.389 e. The maximum atomic E-state index is 12.0. The number of hydrogen-bond donors (Lipinski definition) is 1. The molecule has 2 rings (SSSR count). The highest BCUT2D eigenvalue weighted by atomic mass is 16.5. The minimum absolute atomic E-state index is 0.0680. The molecule has 0 spiro atoms.